The quantitative estimate of drug-likeness (QED) is 0.781. The number of hydrogen-bond donors (Lipinski definition) is 1. The molecule has 0 amide bonds. The van der Waals surface area contributed by atoms with Gasteiger partial charge in [-0.3, -0.25) is 4.79 Å². The maximum Gasteiger partial charge on any atom is 0.163 e. The number of carbonyl (C=O) groups is 1. The third kappa shape index (κ3) is 2.03. The molecule has 2 N–H and O–H groups in total. The van der Waals surface area contributed by atoms with Crippen LogP contribution in [0.4, 0.5) is 5.82 Å². The number of anilines is 1. The van der Waals surface area contributed by atoms with Gasteiger partial charge in [-0.2, -0.15) is 0 Å². The van der Waals surface area contributed by atoms with Gasteiger partial charge < -0.3 is 15.0 Å². The van der Waals surface area contributed by atoms with Crippen LogP contribution >= 0.6 is 0 Å². The molecule has 1 aliphatic heterocycles. The van der Waals surface area contributed by atoms with Crippen molar-refractivity contribution in [3.8, 4) is 0 Å². The van der Waals surface area contributed by atoms with E-state index in [1.54, 1.807) is 6.33 Å². The van der Waals surface area contributed by atoms with Crippen LogP contribution in [0, 0.1) is 0 Å². The van der Waals surface area contributed by atoms with Crippen LogP contribution in [-0.4, -0.2) is 33.0 Å². The first kappa shape index (κ1) is 13.2. The van der Waals surface area contributed by atoms with Crippen LogP contribution in [0.5, 0.6) is 0 Å². The number of nitrogen functional groups attached to an aromatic ring is 1. The molecule has 4 rings (SSSR count). The SMILES string of the molecule is Nc1nc2ccccc2c2c1ncn2CC1OCCCC1=O. The number of carbonyl (C=O) groups excluding carboxylic acids is 1. The Morgan fingerprint density at radius 1 is 1.36 bits per heavy atom. The zero-order valence-corrected chi connectivity index (χ0v) is 12.0. The highest BCUT2D eigenvalue weighted by atomic mass is 16.5. The minimum Gasteiger partial charge on any atom is -0.382 e. The van der Waals surface area contributed by atoms with E-state index in [9.17, 15) is 4.79 Å². The summed E-state index contributed by atoms with van der Waals surface area (Å²) in [6, 6.07) is 7.80. The number of aromatic nitrogens is 3. The molecule has 0 saturated carbocycles. The van der Waals surface area contributed by atoms with E-state index in [-0.39, 0.29) is 5.78 Å². The number of nitrogens with two attached hydrogens (primary N) is 1. The molecule has 6 nitrogen and oxygen atoms in total. The van der Waals surface area contributed by atoms with Gasteiger partial charge in [-0.05, 0) is 12.5 Å². The summed E-state index contributed by atoms with van der Waals surface area (Å²) in [5.41, 5.74) is 8.41. The van der Waals surface area contributed by atoms with E-state index < -0.39 is 6.10 Å². The van der Waals surface area contributed by atoms with Gasteiger partial charge in [0, 0.05) is 18.4 Å². The number of ether oxygens (including phenoxy) is 1. The zero-order chi connectivity index (χ0) is 15.1. The van der Waals surface area contributed by atoms with Gasteiger partial charge in [-0.25, -0.2) is 9.97 Å². The van der Waals surface area contributed by atoms with Gasteiger partial charge in [0.05, 0.1) is 23.9 Å². The van der Waals surface area contributed by atoms with Crippen LogP contribution < -0.4 is 5.73 Å². The van der Waals surface area contributed by atoms with E-state index in [2.05, 4.69) is 9.97 Å². The lowest BCUT2D eigenvalue weighted by atomic mass is 10.1. The van der Waals surface area contributed by atoms with Gasteiger partial charge in [-0.15, -0.1) is 0 Å². The first-order chi connectivity index (χ1) is 10.7. The highest BCUT2D eigenvalue weighted by Gasteiger charge is 2.24. The Morgan fingerprint density at radius 3 is 3.09 bits per heavy atom. The molecular weight excluding hydrogens is 280 g/mol. The van der Waals surface area contributed by atoms with Gasteiger partial charge in [0.15, 0.2) is 11.6 Å². The molecule has 1 fully saturated rings. The van der Waals surface area contributed by atoms with E-state index >= 15 is 0 Å². The van der Waals surface area contributed by atoms with Crippen molar-refractivity contribution in [2.75, 3.05) is 12.3 Å². The molecule has 2 aromatic heterocycles. The van der Waals surface area contributed by atoms with Crippen molar-refractivity contribution in [1.82, 2.24) is 14.5 Å². The Balaban J connectivity index is 1.86. The molecule has 3 aromatic rings. The van der Waals surface area contributed by atoms with Crippen molar-refractivity contribution in [2.45, 2.75) is 25.5 Å². The molecule has 1 aliphatic rings. The fourth-order valence-electron chi connectivity index (χ4n) is 3.00. The standard InChI is InChI=1S/C16H16N4O2/c17-16-14-15(10-4-1-2-5-11(10)19-16)20(9-18-14)8-13-12(21)6-3-7-22-13/h1-2,4-5,9,13H,3,6-8H2,(H2,17,19). The fraction of sp³-hybridized carbons (Fsp3) is 0.312. The molecule has 0 spiro atoms. The Hall–Kier alpha value is -2.47. The Bertz CT molecular complexity index is 871. The van der Waals surface area contributed by atoms with E-state index in [4.69, 9.17) is 10.5 Å². The molecule has 0 aliphatic carbocycles. The average molecular weight is 296 g/mol. The van der Waals surface area contributed by atoms with Gasteiger partial charge in [0.2, 0.25) is 0 Å². The molecule has 0 radical (unpaired) electrons. The third-order valence-electron chi connectivity index (χ3n) is 4.09. The number of pyridine rings is 1. The van der Waals surface area contributed by atoms with Crippen LogP contribution in [0.25, 0.3) is 21.9 Å². The highest BCUT2D eigenvalue weighted by molar-refractivity contribution is 6.06. The first-order valence-electron chi connectivity index (χ1n) is 7.37. The second-order valence-corrected chi connectivity index (χ2v) is 5.54. The minimum absolute atomic E-state index is 0.152. The van der Waals surface area contributed by atoms with E-state index in [0.29, 0.717) is 30.9 Å². The summed E-state index contributed by atoms with van der Waals surface area (Å²) in [5, 5.41) is 0.979. The molecular formula is C16H16N4O2. The van der Waals surface area contributed by atoms with Gasteiger partial charge >= 0.3 is 0 Å². The summed E-state index contributed by atoms with van der Waals surface area (Å²) in [7, 11) is 0. The number of ketones is 1. The summed E-state index contributed by atoms with van der Waals surface area (Å²) in [5.74, 6) is 0.558. The molecule has 112 valence electrons. The number of para-hydroxylation sites is 1. The third-order valence-corrected chi connectivity index (χ3v) is 4.09. The Kier molecular flexibility index (Phi) is 3.04. The lowest BCUT2D eigenvalue weighted by Gasteiger charge is -2.22. The summed E-state index contributed by atoms with van der Waals surface area (Å²) in [6.07, 6.45) is 2.70. The molecule has 0 bridgehead atoms. The van der Waals surface area contributed by atoms with Gasteiger partial charge in [-0.1, -0.05) is 18.2 Å². The maximum absolute atomic E-state index is 12.0. The van der Waals surface area contributed by atoms with E-state index in [1.165, 1.54) is 0 Å². The Labute approximate surface area is 126 Å². The highest BCUT2D eigenvalue weighted by Crippen LogP contribution is 2.27. The minimum atomic E-state index is -0.403. The normalized spacial score (nSPS) is 19.1. The van der Waals surface area contributed by atoms with Crippen molar-refractivity contribution in [2.24, 2.45) is 0 Å². The lowest BCUT2D eigenvalue weighted by molar-refractivity contribution is -0.136. The van der Waals surface area contributed by atoms with Crippen molar-refractivity contribution in [3.63, 3.8) is 0 Å². The first-order valence-corrected chi connectivity index (χ1v) is 7.37. The second-order valence-electron chi connectivity index (χ2n) is 5.54. The zero-order valence-electron chi connectivity index (χ0n) is 12.0. The number of hydrogen-bond acceptors (Lipinski definition) is 5. The van der Waals surface area contributed by atoms with Crippen molar-refractivity contribution < 1.29 is 9.53 Å². The second kappa shape index (κ2) is 5.06. The molecule has 3 heterocycles. The van der Waals surface area contributed by atoms with Crippen LogP contribution in [0.3, 0.4) is 0 Å². The average Bonchev–Trinajstić information content (AvgIpc) is 2.95. The van der Waals surface area contributed by atoms with Crippen LogP contribution in [0.15, 0.2) is 30.6 Å². The number of Topliss-reactive ketones (excluding diaryl/α,β-unsaturated/α-hetero) is 1. The smallest absolute Gasteiger partial charge is 0.163 e. The van der Waals surface area contributed by atoms with Gasteiger partial charge in [0.25, 0.3) is 0 Å². The predicted octanol–water partition coefficient (Wildman–Crippen LogP) is 1.91. The summed E-state index contributed by atoms with van der Waals surface area (Å²) in [4.78, 5) is 20.7. The van der Waals surface area contributed by atoms with Crippen LogP contribution in [0.2, 0.25) is 0 Å². The summed E-state index contributed by atoms with van der Waals surface area (Å²) < 4.78 is 7.56. The fourth-order valence-corrected chi connectivity index (χ4v) is 3.00. The number of fused-ring (bicyclic) bond motifs is 3. The number of rotatable bonds is 2. The van der Waals surface area contributed by atoms with Crippen LogP contribution in [-0.2, 0) is 16.1 Å². The summed E-state index contributed by atoms with van der Waals surface area (Å²) >= 11 is 0. The largest absolute Gasteiger partial charge is 0.382 e. The maximum atomic E-state index is 12.0. The topological polar surface area (TPSA) is 83.0 Å². The molecule has 1 atom stereocenters. The number of imidazole rings is 1. The van der Waals surface area contributed by atoms with Crippen molar-refractivity contribution in [1.29, 1.82) is 0 Å². The molecule has 22 heavy (non-hydrogen) atoms. The monoisotopic (exact) mass is 296 g/mol. The number of benzene rings is 1. The molecule has 1 unspecified atom stereocenters. The summed E-state index contributed by atoms with van der Waals surface area (Å²) in [6.45, 7) is 1.09. The predicted molar refractivity (Wildman–Crippen MR) is 83.4 cm³/mol. The molecule has 6 heteroatoms. The van der Waals surface area contributed by atoms with Crippen molar-refractivity contribution >= 4 is 33.5 Å². The lowest BCUT2D eigenvalue weighted by Crippen LogP contribution is -2.33. The van der Waals surface area contributed by atoms with Crippen LogP contribution in [0.1, 0.15) is 12.8 Å². The number of nitrogens with zero attached hydrogens (tertiary/aromatic N) is 3. The van der Waals surface area contributed by atoms with E-state index in [0.717, 1.165) is 22.8 Å². The van der Waals surface area contributed by atoms with E-state index in [1.807, 2.05) is 28.8 Å². The molecule has 1 aromatic carbocycles. The molecule has 1 saturated heterocycles. The van der Waals surface area contributed by atoms with Gasteiger partial charge in [0.1, 0.15) is 11.6 Å². The van der Waals surface area contributed by atoms with Crippen molar-refractivity contribution in [3.05, 3.63) is 30.6 Å². The Morgan fingerprint density at radius 2 is 2.23 bits per heavy atom.